The molecule has 1 atom stereocenters. The molecule has 0 aliphatic heterocycles. The fourth-order valence-electron chi connectivity index (χ4n) is 2.66. The smallest absolute Gasteiger partial charge is 0.277 e. The summed E-state index contributed by atoms with van der Waals surface area (Å²) in [7, 11) is 0. The van der Waals surface area contributed by atoms with Gasteiger partial charge in [0.25, 0.3) is 5.22 Å². The van der Waals surface area contributed by atoms with Crippen LogP contribution in [0.5, 0.6) is 0 Å². The van der Waals surface area contributed by atoms with Crippen LogP contribution in [0.25, 0.3) is 11.5 Å². The molecule has 1 heterocycles. The monoisotopic (exact) mass is 381 g/mol. The Morgan fingerprint density at radius 3 is 2.30 bits per heavy atom. The molecule has 0 radical (unpaired) electrons. The maximum absolute atomic E-state index is 12.3. The van der Waals surface area contributed by atoms with E-state index in [2.05, 4.69) is 53.6 Å². The second kappa shape index (κ2) is 8.86. The van der Waals surface area contributed by atoms with Gasteiger partial charge in [0.05, 0.1) is 11.8 Å². The van der Waals surface area contributed by atoms with E-state index in [0.29, 0.717) is 11.1 Å². The van der Waals surface area contributed by atoms with Crippen LogP contribution in [0.2, 0.25) is 0 Å². The molecule has 0 aliphatic carbocycles. The highest BCUT2D eigenvalue weighted by atomic mass is 32.2. The number of aryl methyl sites for hydroxylation is 2. The Morgan fingerprint density at radius 1 is 1.04 bits per heavy atom. The van der Waals surface area contributed by atoms with Crippen LogP contribution in [0.15, 0.2) is 58.2 Å². The molecule has 1 amide bonds. The van der Waals surface area contributed by atoms with E-state index in [1.807, 2.05) is 31.2 Å². The van der Waals surface area contributed by atoms with Gasteiger partial charge in [0, 0.05) is 5.56 Å². The minimum Gasteiger partial charge on any atom is -0.411 e. The zero-order valence-corrected chi connectivity index (χ0v) is 16.5. The van der Waals surface area contributed by atoms with Gasteiger partial charge in [0.15, 0.2) is 0 Å². The van der Waals surface area contributed by atoms with Crippen molar-refractivity contribution in [2.24, 2.45) is 0 Å². The van der Waals surface area contributed by atoms with Gasteiger partial charge in [0.2, 0.25) is 11.8 Å². The normalized spacial score (nSPS) is 12.0. The van der Waals surface area contributed by atoms with Crippen molar-refractivity contribution >= 4 is 17.7 Å². The van der Waals surface area contributed by atoms with Gasteiger partial charge >= 0.3 is 0 Å². The molecule has 0 saturated carbocycles. The Morgan fingerprint density at radius 2 is 1.67 bits per heavy atom. The molecule has 0 saturated heterocycles. The van der Waals surface area contributed by atoms with Gasteiger partial charge in [-0.2, -0.15) is 0 Å². The van der Waals surface area contributed by atoms with Gasteiger partial charge in [0.1, 0.15) is 0 Å². The Hall–Kier alpha value is -2.60. The van der Waals surface area contributed by atoms with Crippen LogP contribution in [0.1, 0.15) is 36.1 Å². The summed E-state index contributed by atoms with van der Waals surface area (Å²) in [6.07, 6.45) is 0.831. The Kier molecular flexibility index (Phi) is 6.29. The first-order chi connectivity index (χ1) is 13.0. The second-order valence-electron chi connectivity index (χ2n) is 6.47. The highest BCUT2D eigenvalue weighted by molar-refractivity contribution is 7.99. The number of benzene rings is 2. The molecule has 3 aromatic rings. The summed E-state index contributed by atoms with van der Waals surface area (Å²) >= 11 is 1.24. The van der Waals surface area contributed by atoms with Crippen molar-refractivity contribution in [1.82, 2.24) is 15.5 Å². The molecule has 1 unspecified atom stereocenters. The predicted molar refractivity (Wildman–Crippen MR) is 108 cm³/mol. The lowest BCUT2D eigenvalue weighted by Crippen LogP contribution is -2.29. The minimum atomic E-state index is -0.0532. The summed E-state index contributed by atoms with van der Waals surface area (Å²) in [4.78, 5) is 12.3. The number of thioether (sulfide) groups is 1. The highest BCUT2D eigenvalue weighted by Gasteiger charge is 2.15. The van der Waals surface area contributed by atoms with Crippen LogP contribution in [0, 0.1) is 13.8 Å². The number of carbonyl (C=O) groups is 1. The van der Waals surface area contributed by atoms with Crippen molar-refractivity contribution in [1.29, 1.82) is 0 Å². The lowest BCUT2D eigenvalue weighted by atomic mass is 10.0. The van der Waals surface area contributed by atoms with Crippen LogP contribution < -0.4 is 5.32 Å². The van der Waals surface area contributed by atoms with Gasteiger partial charge in [-0.1, -0.05) is 66.2 Å². The summed E-state index contributed by atoms with van der Waals surface area (Å²) in [6, 6.07) is 16.1. The molecule has 0 aliphatic rings. The number of hydrogen-bond acceptors (Lipinski definition) is 5. The van der Waals surface area contributed by atoms with Crippen LogP contribution in [0.3, 0.4) is 0 Å². The van der Waals surface area contributed by atoms with Crippen LogP contribution >= 0.6 is 11.8 Å². The first-order valence-corrected chi connectivity index (χ1v) is 9.93. The van der Waals surface area contributed by atoms with E-state index < -0.39 is 0 Å². The Labute approximate surface area is 163 Å². The summed E-state index contributed by atoms with van der Waals surface area (Å²) in [5.74, 6) is 0.643. The molecule has 6 heteroatoms. The molecular formula is C21H23N3O2S. The SMILES string of the molecule is CCC(NC(=O)CSc1nnc(-c2ccc(C)cc2)o1)c1ccc(C)cc1. The quantitative estimate of drug-likeness (QED) is 0.600. The lowest BCUT2D eigenvalue weighted by molar-refractivity contribution is -0.119. The molecule has 1 aromatic heterocycles. The number of hydrogen-bond donors (Lipinski definition) is 1. The molecule has 140 valence electrons. The molecule has 27 heavy (non-hydrogen) atoms. The standard InChI is InChI=1S/C21H23N3O2S/c1-4-18(16-9-5-14(2)6-10-16)22-19(25)13-27-21-24-23-20(26-21)17-11-7-15(3)8-12-17/h5-12,18H,4,13H2,1-3H3,(H,22,25). The molecule has 0 spiro atoms. The van der Waals surface area contributed by atoms with Crippen molar-refractivity contribution in [2.45, 2.75) is 38.5 Å². The van der Waals surface area contributed by atoms with Crippen LogP contribution in [0.4, 0.5) is 0 Å². The van der Waals surface area contributed by atoms with E-state index in [4.69, 9.17) is 4.42 Å². The number of nitrogens with zero attached hydrogens (tertiary/aromatic N) is 2. The summed E-state index contributed by atoms with van der Waals surface area (Å²) in [6.45, 7) is 6.14. The minimum absolute atomic E-state index is 0.00417. The summed E-state index contributed by atoms with van der Waals surface area (Å²) < 4.78 is 5.65. The van der Waals surface area contributed by atoms with E-state index in [-0.39, 0.29) is 17.7 Å². The molecule has 1 N–H and O–H groups in total. The third kappa shape index (κ3) is 5.20. The topological polar surface area (TPSA) is 68.0 Å². The zero-order valence-electron chi connectivity index (χ0n) is 15.7. The van der Waals surface area contributed by atoms with Crippen LogP contribution in [-0.2, 0) is 4.79 Å². The van der Waals surface area contributed by atoms with E-state index in [9.17, 15) is 4.79 Å². The number of rotatable bonds is 7. The largest absolute Gasteiger partial charge is 0.411 e. The van der Waals surface area contributed by atoms with E-state index >= 15 is 0 Å². The lowest BCUT2D eigenvalue weighted by Gasteiger charge is -2.17. The van der Waals surface area contributed by atoms with E-state index in [1.165, 1.54) is 22.9 Å². The van der Waals surface area contributed by atoms with Crippen molar-refractivity contribution in [3.05, 3.63) is 65.2 Å². The summed E-state index contributed by atoms with van der Waals surface area (Å²) in [5.41, 5.74) is 4.36. The molecular weight excluding hydrogens is 358 g/mol. The fraction of sp³-hybridized carbons (Fsp3) is 0.286. The van der Waals surface area contributed by atoms with Crippen molar-refractivity contribution in [2.75, 3.05) is 5.75 Å². The maximum atomic E-state index is 12.3. The second-order valence-corrected chi connectivity index (χ2v) is 7.39. The fourth-order valence-corrected chi connectivity index (χ4v) is 3.24. The summed E-state index contributed by atoms with van der Waals surface area (Å²) in [5, 5.41) is 11.5. The number of aromatic nitrogens is 2. The molecule has 5 nitrogen and oxygen atoms in total. The van der Waals surface area contributed by atoms with Crippen molar-refractivity contribution < 1.29 is 9.21 Å². The van der Waals surface area contributed by atoms with Gasteiger partial charge in [-0.25, -0.2) is 0 Å². The van der Waals surface area contributed by atoms with Crippen molar-refractivity contribution in [3.8, 4) is 11.5 Å². The molecule has 3 rings (SSSR count). The average Bonchev–Trinajstić information content (AvgIpc) is 3.15. The van der Waals surface area contributed by atoms with E-state index in [1.54, 1.807) is 0 Å². The Balaban J connectivity index is 1.55. The zero-order chi connectivity index (χ0) is 19.2. The van der Waals surface area contributed by atoms with Gasteiger partial charge < -0.3 is 9.73 Å². The average molecular weight is 382 g/mol. The molecule has 0 fully saturated rings. The Bertz CT molecular complexity index is 889. The first-order valence-electron chi connectivity index (χ1n) is 8.94. The predicted octanol–water partition coefficient (Wildman–Crippen LogP) is 4.71. The number of carbonyl (C=O) groups excluding carboxylic acids is 1. The third-order valence-electron chi connectivity index (χ3n) is 4.25. The molecule has 0 bridgehead atoms. The third-order valence-corrected chi connectivity index (χ3v) is 5.07. The van der Waals surface area contributed by atoms with Crippen molar-refractivity contribution in [3.63, 3.8) is 0 Å². The molecule has 2 aromatic carbocycles. The highest BCUT2D eigenvalue weighted by Crippen LogP contribution is 2.24. The number of amides is 1. The van der Waals surface area contributed by atoms with Gasteiger partial charge in [-0.05, 0) is 38.0 Å². The first kappa shape index (κ1) is 19.2. The maximum Gasteiger partial charge on any atom is 0.277 e. The van der Waals surface area contributed by atoms with E-state index in [0.717, 1.165) is 17.5 Å². The number of nitrogens with one attached hydrogen (secondary N) is 1. The van der Waals surface area contributed by atoms with Gasteiger partial charge in [-0.15, -0.1) is 10.2 Å². The van der Waals surface area contributed by atoms with Gasteiger partial charge in [-0.3, -0.25) is 4.79 Å². The van der Waals surface area contributed by atoms with Crippen LogP contribution in [-0.4, -0.2) is 21.9 Å².